The van der Waals surface area contributed by atoms with Gasteiger partial charge in [-0.1, -0.05) is 6.58 Å². The molecule has 0 aliphatic heterocycles. The van der Waals surface area contributed by atoms with Gasteiger partial charge in [-0.25, -0.2) is 4.79 Å². The molecule has 0 rings (SSSR count). The molecule has 0 amide bonds. The second-order valence-corrected chi connectivity index (χ2v) is 7.35. The molecule has 0 saturated carbocycles. The van der Waals surface area contributed by atoms with Crippen LogP contribution >= 0.6 is 0 Å². The standard InChI is InChI=1S/C12H7F19O2.C4H6O2/c13-4(14,1-3(33)2-32)5(15,16)6(17,18)7(19,20)8(21,22)9(23,24)10(25,26)11(27,28)12(29,30)31;1-3(2)4(5)6/h3,32-33H,1-2H2;1H2,2H3,(H,5,6). The minimum absolute atomic E-state index is 0.176. The largest absolute Gasteiger partial charge is 0.478 e. The number of rotatable bonds is 11. The van der Waals surface area contributed by atoms with Crippen molar-refractivity contribution >= 4 is 5.97 Å². The lowest BCUT2D eigenvalue weighted by Crippen LogP contribution is -2.75. The SMILES string of the molecule is C=C(C)C(=O)O.OCC(O)CC(F)(F)C(F)(F)C(F)(F)C(F)(F)C(F)(F)C(F)(F)C(F)(F)C(F)(F)C(F)(F)F. The third-order valence-corrected chi connectivity index (χ3v) is 4.25. The molecule has 1 unspecified atom stereocenters. The van der Waals surface area contributed by atoms with Gasteiger partial charge in [0.2, 0.25) is 0 Å². The fourth-order valence-electron chi connectivity index (χ4n) is 1.88. The van der Waals surface area contributed by atoms with Crippen LogP contribution in [0.1, 0.15) is 13.3 Å². The third kappa shape index (κ3) is 6.26. The van der Waals surface area contributed by atoms with Crippen LogP contribution in [0.15, 0.2) is 12.2 Å². The predicted octanol–water partition coefficient (Wildman–Crippen LogP) is 6.02. The number of hydrogen-bond acceptors (Lipinski definition) is 3. The maximum atomic E-state index is 13.4. The predicted molar refractivity (Wildman–Crippen MR) is 85.8 cm³/mol. The van der Waals surface area contributed by atoms with E-state index in [9.17, 15) is 88.2 Å². The summed E-state index contributed by atoms with van der Waals surface area (Å²) in [6, 6.07) is 0. The van der Waals surface area contributed by atoms with Crippen LogP contribution in [0.4, 0.5) is 83.4 Å². The normalized spacial score (nSPS) is 15.8. The highest BCUT2D eigenvalue weighted by Gasteiger charge is 2.96. The summed E-state index contributed by atoms with van der Waals surface area (Å²) in [6.07, 6.45) is -14.3. The van der Waals surface area contributed by atoms with Crippen LogP contribution in [-0.4, -0.2) is 87.6 Å². The average Bonchev–Trinajstić information content (AvgIpc) is 2.71. The number of aliphatic carboxylic acids is 1. The zero-order valence-electron chi connectivity index (χ0n) is 18.1. The maximum Gasteiger partial charge on any atom is 0.460 e. The first kappa shape index (κ1) is 38.9. The maximum absolute atomic E-state index is 13.4. The van der Waals surface area contributed by atoms with Crippen LogP contribution in [0.2, 0.25) is 0 Å². The molecule has 23 heteroatoms. The molecule has 0 aliphatic rings. The van der Waals surface area contributed by atoms with Crippen molar-refractivity contribution in [2.75, 3.05) is 6.61 Å². The Morgan fingerprint density at radius 1 is 0.615 bits per heavy atom. The van der Waals surface area contributed by atoms with E-state index in [0.29, 0.717) is 0 Å². The van der Waals surface area contributed by atoms with Gasteiger partial charge in [0.05, 0.1) is 12.7 Å². The molecule has 0 bridgehead atoms. The summed E-state index contributed by atoms with van der Waals surface area (Å²) in [5, 5.41) is 24.6. The lowest BCUT2D eigenvalue weighted by molar-refractivity contribution is -0.469. The van der Waals surface area contributed by atoms with E-state index in [2.05, 4.69) is 6.58 Å². The van der Waals surface area contributed by atoms with Gasteiger partial charge in [-0.05, 0) is 6.92 Å². The summed E-state index contributed by atoms with van der Waals surface area (Å²) >= 11 is 0. The van der Waals surface area contributed by atoms with Gasteiger partial charge in [0.15, 0.2) is 0 Å². The number of alkyl halides is 19. The van der Waals surface area contributed by atoms with Crippen LogP contribution in [-0.2, 0) is 4.79 Å². The van der Waals surface area contributed by atoms with Crippen molar-refractivity contribution in [1.82, 2.24) is 0 Å². The van der Waals surface area contributed by atoms with Gasteiger partial charge in [0.1, 0.15) is 0 Å². The van der Waals surface area contributed by atoms with Gasteiger partial charge in [0, 0.05) is 12.0 Å². The summed E-state index contributed by atoms with van der Waals surface area (Å²) in [7, 11) is 0. The summed E-state index contributed by atoms with van der Waals surface area (Å²) in [6.45, 7) is 2.62. The van der Waals surface area contributed by atoms with E-state index in [0.717, 1.165) is 0 Å². The highest BCUT2D eigenvalue weighted by atomic mass is 19.4. The molecule has 0 aromatic carbocycles. The lowest BCUT2D eigenvalue weighted by atomic mass is 9.86. The Labute approximate surface area is 202 Å². The van der Waals surface area contributed by atoms with Crippen molar-refractivity contribution in [2.45, 2.75) is 73.0 Å². The molecule has 0 fully saturated rings. The van der Waals surface area contributed by atoms with Crippen molar-refractivity contribution in [3.63, 3.8) is 0 Å². The number of hydrogen-bond donors (Lipinski definition) is 3. The number of carbonyl (C=O) groups is 1. The van der Waals surface area contributed by atoms with Gasteiger partial charge >= 0.3 is 59.5 Å². The summed E-state index contributed by atoms with van der Waals surface area (Å²) in [4.78, 5) is 9.60. The van der Waals surface area contributed by atoms with Gasteiger partial charge in [-0.2, -0.15) is 83.4 Å². The number of halogens is 19. The van der Waals surface area contributed by atoms with E-state index in [-0.39, 0.29) is 5.57 Å². The van der Waals surface area contributed by atoms with Crippen LogP contribution < -0.4 is 0 Å². The Morgan fingerprint density at radius 2 is 0.846 bits per heavy atom. The fraction of sp³-hybridized carbons (Fsp3) is 0.812. The average molecular weight is 630 g/mol. The Morgan fingerprint density at radius 3 is 1.05 bits per heavy atom. The second kappa shape index (κ2) is 11.0. The molecule has 3 N–H and O–H groups in total. The molecule has 0 spiro atoms. The molecule has 0 saturated heterocycles. The highest BCUT2D eigenvalue weighted by Crippen LogP contribution is 2.65. The van der Waals surface area contributed by atoms with E-state index < -0.39 is 78.7 Å². The van der Waals surface area contributed by atoms with Crippen LogP contribution in [0.5, 0.6) is 0 Å². The monoisotopic (exact) mass is 630 g/mol. The van der Waals surface area contributed by atoms with E-state index in [1.807, 2.05) is 0 Å². The quantitative estimate of drug-likeness (QED) is 0.193. The molecule has 0 aromatic rings. The number of carboxylic acid groups (broad SMARTS) is 1. The minimum atomic E-state index is -8.98. The zero-order valence-corrected chi connectivity index (χ0v) is 18.1. The van der Waals surface area contributed by atoms with Gasteiger partial charge in [-0.3, -0.25) is 0 Å². The second-order valence-electron chi connectivity index (χ2n) is 7.35. The first-order valence-corrected chi connectivity index (χ1v) is 8.87. The summed E-state index contributed by atoms with van der Waals surface area (Å²) < 4.78 is 246. The first-order valence-electron chi connectivity index (χ1n) is 8.87. The molecule has 0 aromatic heterocycles. The molecule has 1 atom stereocenters. The van der Waals surface area contributed by atoms with Gasteiger partial charge < -0.3 is 15.3 Å². The van der Waals surface area contributed by atoms with E-state index in [1.54, 1.807) is 0 Å². The summed E-state index contributed by atoms with van der Waals surface area (Å²) in [5.41, 5.74) is 0.176. The number of carboxylic acids is 1. The van der Waals surface area contributed by atoms with Crippen molar-refractivity contribution in [3.8, 4) is 0 Å². The Kier molecular flexibility index (Phi) is 11.0. The van der Waals surface area contributed by atoms with Gasteiger partial charge in [-0.15, -0.1) is 0 Å². The molecule has 0 aliphatic carbocycles. The fourth-order valence-corrected chi connectivity index (χ4v) is 1.88. The highest BCUT2D eigenvalue weighted by molar-refractivity contribution is 5.84. The molecule has 39 heavy (non-hydrogen) atoms. The van der Waals surface area contributed by atoms with E-state index in [4.69, 9.17) is 15.3 Å². The molecule has 0 radical (unpaired) electrons. The molecular formula is C16H13F19O4. The smallest absolute Gasteiger partial charge is 0.460 e. The van der Waals surface area contributed by atoms with Crippen LogP contribution in [0, 0.1) is 0 Å². The molecule has 4 nitrogen and oxygen atoms in total. The topological polar surface area (TPSA) is 77.8 Å². The summed E-state index contributed by atoms with van der Waals surface area (Å²) in [5.74, 6) is -68.2. The molecule has 0 heterocycles. The van der Waals surface area contributed by atoms with Crippen molar-refractivity contribution in [3.05, 3.63) is 12.2 Å². The van der Waals surface area contributed by atoms with Crippen molar-refractivity contribution in [1.29, 1.82) is 0 Å². The van der Waals surface area contributed by atoms with E-state index in [1.165, 1.54) is 6.92 Å². The van der Waals surface area contributed by atoms with E-state index >= 15 is 0 Å². The zero-order chi connectivity index (χ0) is 32.6. The van der Waals surface area contributed by atoms with Crippen molar-refractivity contribution in [2.24, 2.45) is 0 Å². The molecule has 234 valence electrons. The lowest BCUT2D eigenvalue weighted by Gasteiger charge is -2.44. The Bertz CT molecular complexity index is 865. The molecular weight excluding hydrogens is 617 g/mol. The third-order valence-electron chi connectivity index (χ3n) is 4.25. The van der Waals surface area contributed by atoms with Crippen LogP contribution in [0.3, 0.4) is 0 Å². The Balaban J connectivity index is 0. The first-order chi connectivity index (χ1) is 16.6. The minimum Gasteiger partial charge on any atom is -0.478 e. The van der Waals surface area contributed by atoms with Gasteiger partial charge in [0.25, 0.3) is 0 Å². The van der Waals surface area contributed by atoms with Crippen LogP contribution in [0.25, 0.3) is 0 Å². The van der Waals surface area contributed by atoms with Crippen molar-refractivity contribution < 1.29 is 104 Å². The number of aliphatic hydroxyl groups is 2. The Hall–Kier alpha value is -2.20. The number of aliphatic hydroxyl groups excluding tert-OH is 2.